The summed E-state index contributed by atoms with van der Waals surface area (Å²) in [6.45, 7) is 0. The van der Waals surface area contributed by atoms with Gasteiger partial charge in [0.1, 0.15) is 0 Å². The van der Waals surface area contributed by atoms with Crippen LogP contribution in [0.25, 0.3) is 66.1 Å². The third-order valence-electron chi connectivity index (χ3n) is 7.36. The molecule has 0 bridgehead atoms. The van der Waals surface area contributed by atoms with Gasteiger partial charge in [-0.3, -0.25) is 4.98 Å². The number of nitrogens with zero attached hydrogens (tertiary/aromatic N) is 1. The number of fused-ring (bicyclic) bond motifs is 2. The van der Waals surface area contributed by atoms with Crippen molar-refractivity contribution in [3.63, 3.8) is 0 Å². The SMILES string of the molecule is c1ccc(-c2c3ccccc3c(-c3ccccc3)c3cc(-c4ccc(-c5cccnc5)cc4)ccc23)cc1. The Hall–Kier alpha value is -5.01. The Morgan fingerprint density at radius 2 is 0.789 bits per heavy atom. The van der Waals surface area contributed by atoms with E-state index >= 15 is 0 Å². The van der Waals surface area contributed by atoms with Crippen molar-refractivity contribution in [2.45, 2.75) is 0 Å². The molecule has 1 aromatic heterocycles. The molecule has 7 rings (SSSR count). The fourth-order valence-electron chi connectivity index (χ4n) is 5.58. The molecule has 1 nitrogen and oxygen atoms in total. The van der Waals surface area contributed by atoms with Gasteiger partial charge in [-0.2, -0.15) is 0 Å². The minimum Gasteiger partial charge on any atom is -0.264 e. The molecule has 0 amide bonds. The van der Waals surface area contributed by atoms with E-state index in [2.05, 4.69) is 138 Å². The molecule has 0 saturated carbocycles. The van der Waals surface area contributed by atoms with Gasteiger partial charge in [-0.1, -0.05) is 127 Å². The lowest BCUT2D eigenvalue weighted by atomic mass is 9.85. The first kappa shape index (κ1) is 22.2. The lowest BCUT2D eigenvalue weighted by molar-refractivity contribution is 1.33. The maximum Gasteiger partial charge on any atom is 0.0346 e. The molecule has 0 unspecified atom stereocenters. The molecular formula is C37H25N. The lowest BCUT2D eigenvalue weighted by Crippen LogP contribution is -1.91. The second-order valence-electron chi connectivity index (χ2n) is 9.61. The Balaban J connectivity index is 1.50. The molecule has 0 spiro atoms. The second kappa shape index (κ2) is 9.46. The fourth-order valence-corrected chi connectivity index (χ4v) is 5.58. The molecule has 0 aliphatic heterocycles. The van der Waals surface area contributed by atoms with Gasteiger partial charge in [0.15, 0.2) is 0 Å². The molecular weight excluding hydrogens is 458 g/mol. The van der Waals surface area contributed by atoms with E-state index in [0.717, 1.165) is 5.56 Å². The van der Waals surface area contributed by atoms with Gasteiger partial charge in [-0.05, 0) is 78.2 Å². The minimum atomic E-state index is 1.13. The van der Waals surface area contributed by atoms with E-state index in [9.17, 15) is 0 Å². The summed E-state index contributed by atoms with van der Waals surface area (Å²) in [5.74, 6) is 0. The standard InChI is InChI=1S/C37H25N/c1-3-10-28(11-4-1)36-32-15-7-8-16-33(32)37(29-12-5-2-6-13-29)35-24-30(21-22-34(35)36)26-17-19-27(20-18-26)31-14-9-23-38-25-31/h1-25H. The Morgan fingerprint density at radius 1 is 0.316 bits per heavy atom. The molecule has 0 atom stereocenters. The highest BCUT2D eigenvalue weighted by molar-refractivity contribution is 6.21. The number of benzene rings is 6. The predicted molar refractivity (Wildman–Crippen MR) is 161 cm³/mol. The minimum absolute atomic E-state index is 1.13. The van der Waals surface area contributed by atoms with Crippen LogP contribution >= 0.6 is 0 Å². The number of aromatic nitrogens is 1. The monoisotopic (exact) mass is 483 g/mol. The van der Waals surface area contributed by atoms with Crippen LogP contribution in [-0.4, -0.2) is 4.98 Å². The maximum atomic E-state index is 4.27. The van der Waals surface area contributed by atoms with Crippen molar-refractivity contribution in [3.05, 3.63) is 152 Å². The lowest BCUT2D eigenvalue weighted by Gasteiger charge is -2.18. The Kier molecular flexibility index (Phi) is 5.53. The third-order valence-corrected chi connectivity index (χ3v) is 7.36. The first-order valence-electron chi connectivity index (χ1n) is 13.0. The fraction of sp³-hybridized carbons (Fsp3) is 0. The summed E-state index contributed by atoms with van der Waals surface area (Å²) in [5.41, 5.74) is 9.75. The molecule has 1 heteroatoms. The quantitative estimate of drug-likeness (QED) is 0.227. The topological polar surface area (TPSA) is 12.9 Å². The van der Waals surface area contributed by atoms with Crippen molar-refractivity contribution in [3.8, 4) is 44.5 Å². The smallest absolute Gasteiger partial charge is 0.0346 e. The highest BCUT2D eigenvalue weighted by atomic mass is 14.6. The summed E-state index contributed by atoms with van der Waals surface area (Å²) in [7, 11) is 0. The molecule has 1 heterocycles. The molecule has 0 radical (unpaired) electrons. The molecule has 38 heavy (non-hydrogen) atoms. The molecule has 7 aromatic rings. The van der Waals surface area contributed by atoms with Crippen LogP contribution < -0.4 is 0 Å². The summed E-state index contributed by atoms with van der Waals surface area (Å²) in [6, 6.07) is 50.2. The first-order valence-corrected chi connectivity index (χ1v) is 13.0. The van der Waals surface area contributed by atoms with Crippen LogP contribution in [0.2, 0.25) is 0 Å². The average molecular weight is 484 g/mol. The summed E-state index contributed by atoms with van der Waals surface area (Å²) in [4.78, 5) is 4.27. The van der Waals surface area contributed by atoms with Crippen molar-refractivity contribution in [1.29, 1.82) is 0 Å². The Bertz CT molecular complexity index is 1870. The highest BCUT2D eigenvalue weighted by Crippen LogP contribution is 2.44. The van der Waals surface area contributed by atoms with Gasteiger partial charge in [0, 0.05) is 12.4 Å². The average Bonchev–Trinajstić information content (AvgIpc) is 3.01. The van der Waals surface area contributed by atoms with Gasteiger partial charge < -0.3 is 0 Å². The van der Waals surface area contributed by atoms with E-state index in [1.807, 2.05) is 18.5 Å². The van der Waals surface area contributed by atoms with Crippen LogP contribution in [0.3, 0.4) is 0 Å². The van der Waals surface area contributed by atoms with Crippen molar-refractivity contribution in [1.82, 2.24) is 4.98 Å². The van der Waals surface area contributed by atoms with Gasteiger partial charge in [-0.15, -0.1) is 0 Å². The van der Waals surface area contributed by atoms with Gasteiger partial charge in [0.2, 0.25) is 0 Å². The zero-order chi connectivity index (χ0) is 25.3. The van der Waals surface area contributed by atoms with Crippen LogP contribution in [0.5, 0.6) is 0 Å². The molecule has 6 aromatic carbocycles. The summed E-state index contributed by atoms with van der Waals surface area (Å²) in [5, 5.41) is 5.08. The van der Waals surface area contributed by atoms with Crippen molar-refractivity contribution in [2.24, 2.45) is 0 Å². The van der Waals surface area contributed by atoms with Gasteiger partial charge >= 0.3 is 0 Å². The van der Waals surface area contributed by atoms with E-state index < -0.39 is 0 Å². The Labute approximate surface area is 222 Å². The van der Waals surface area contributed by atoms with E-state index in [1.54, 1.807) is 0 Å². The zero-order valence-corrected chi connectivity index (χ0v) is 20.9. The van der Waals surface area contributed by atoms with E-state index in [-0.39, 0.29) is 0 Å². The van der Waals surface area contributed by atoms with E-state index in [0.29, 0.717) is 0 Å². The van der Waals surface area contributed by atoms with Gasteiger partial charge in [-0.25, -0.2) is 0 Å². The second-order valence-corrected chi connectivity index (χ2v) is 9.61. The number of hydrogen-bond donors (Lipinski definition) is 0. The number of pyridine rings is 1. The molecule has 0 saturated heterocycles. The van der Waals surface area contributed by atoms with Crippen LogP contribution in [-0.2, 0) is 0 Å². The first-order chi connectivity index (χ1) is 18.9. The van der Waals surface area contributed by atoms with Gasteiger partial charge in [0.25, 0.3) is 0 Å². The van der Waals surface area contributed by atoms with E-state index in [4.69, 9.17) is 0 Å². The normalized spacial score (nSPS) is 11.2. The van der Waals surface area contributed by atoms with Crippen molar-refractivity contribution >= 4 is 21.5 Å². The number of hydrogen-bond acceptors (Lipinski definition) is 1. The molecule has 0 fully saturated rings. The summed E-state index contributed by atoms with van der Waals surface area (Å²) in [6.07, 6.45) is 3.72. The summed E-state index contributed by atoms with van der Waals surface area (Å²) >= 11 is 0. The van der Waals surface area contributed by atoms with Crippen molar-refractivity contribution < 1.29 is 0 Å². The van der Waals surface area contributed by atoms with Gasteiger partial charge in [0.05, 0.1) is 0 Å². The predicted octanol–water partition coefficient (Wildman–Crippen LogP) is 10.1. The maximum absolute atomic E-state index is 4.27. The number of rotatable bonds is 4. The largest absolute Gasteiger partial charge is 0.264 e. The Morgan fingerprint density at radius 3 is 1.37 bits per heavy atom. The van der Waals surface area contributed by atoms with Crippen LogP contribution in [0, 0.1) is 0 Å². The molecule has 0 aliphatic rings. The molecule has 0 aliphatic carbocycles. The van der Waals surface area contributed by atoms with Crippen LogP contribution in [0.15, 0.2) is 152 Å². The highest BCUT2D eigenvalue weighted by Gasteiger charge is 2.17. The van der Waals surface area contributed by atoms with Crippen LogP contribution in [0.4, 0.5) is 0 Å². The summed E-state index contributed by atoms with van der Waals surface area (Å²) < 4.78 is 0. The third kappa shape index (κ3) is 3.86. The van der Waals surface area contributed by atoms with Crippen LogP contribution in [0.1, 0.15) is 0 Å². The molecule has 0 N–H and O–H groups in total. The molecule has 178 valence electrons. The van der Waals surface area contributed by atoms with E-state index in [1.165, 1.54) is 60.5 Å². The van der Waals surface area contributed by atoms with Crippen molar-refractivity contribution in [2.75, 3.05) is 0 Å². The zero-order valence-electron chi connectivity index (χ0n) is 20.9.